The lowest BCUT2D eigenvalue weighted by molar-refractivity contribution is 0.0695. The van der Waals surface area contributed by atoms with E-state index < -0.39 is 5.97 Å². The molecule has 20 heavy (non-hydrogen) atoms. The van der Waals surface area contributed by atoms with Crippen LogP contribution in [0.3, 0.4) is 0 Å². The fraction of sp³-hybridized carbons (Fsp3) is 0.588. The number of nitrogens with zero attached hydrogens (tertiary/aromatic N) is 1. The highest BCUT2D eigenvalue weighted by Crippen LogP contribution is 2.28. The van der Waals surface area contributed by atoms with Crippen LogP contribution in [0.15, 0.2) is 24.3 Å². The summed E-state index contributed by atoms with van der Waals surface area (Å²) in [7, 11) is 0. The van der Waals surface area contributed by atoms with Crippen molar-refractivity contribution < 1.29 is 9.90 Å². The molecule has 1 fully saturated rings. The molecule has 110 valence electrons. The van der Waals surface area contributed by atoms with Crippen molar-refractivity contribution in [2.45, 2.75) is 52.1 Å². The van der Waals surface area contributed by atoms with Crippen LogP contribution >= 0.6 is 0 Å². The van der Waals surface area contributed by atoms with Crippen LogP contribution in [-0.2, 0) is 6.54 Å². The van der Waals surface area contributed by atoms with Crippen molar-refractivity contribution in [2.24, 2.45) is 5.92 Å². The molecule has 3 nitrogen and oxygen atoms in total. The van der Waals surface area contributed by atoms with Crippen LogP contribution in [0.5, 0.6) is 0 Å². The monoisotopic (exact) mass is 275 g/mol. The molecule has 1 aromatic rings. The van der Waals surface area contributed by atoms with E-state index in [0.717, 1.165) is 24.6 Å². The van der Waals surface area contributed by atoms with Gasteiger partial charge >= 0.3 is 5.97 Å². The largest absolute Gasteiger partial charge is 0.478 e. The standard InChI is InChI=1S/C17H25NO2/c1-3-6-16-13(2)7-5-10-18(16)12-14-8-4-9-15(11-14)17(19)20/h4,8-9,11,13,16H,3,5-7,10,12H2,1-2H3,(H,19,20). The van der Waals surface area contributed by atoms with Crippen LogP contribution in [0.2, 0.25) is 0 Å². The summed E-state index contributed by atoms with van der Waals surface area (Å²) in [5.74, 6) is -0.102. The second kappa shape index (κ2) is 6.89. The average Bonchev–Trinajstić information content (AvgIpc) is 2.43. The number of piperidine rings is 1. The number of hydrogen-bond donors (Lipinski definition) is 1. The molecule has 1 aliphatic heterocycles. The number of likely N-dealkylation sites (tertiary alicyclic amines) is 1. The van der Waals surface area contributed by atoms with E-state index in [9.17, 15) is 4.79 Å². The summed E-state index contributed by atoms with van der Waals surface area (Å²) in [4.78, 5) is 13.6. The number of rotatable bonds is 5. The van der Waals surface area contributed by atoms with Crippen molar-refractivity contribution in [3.05, 3.63) is 35.4 Å². The van der Waals surface area contributed by atoms with Crippen LogP contribution in [-0.4, -0.2) is 28.6 Å². The lowest BCUT2D eigenvalue weighted by atomic mass is 9.87. The summed E-state index contributed by atoms with van der Waals surface area (Å²) in [6.07, 6.45) is 5.01. The van der Waals surface area contributed by atoms with Crippen LogP contribution in [0.4, 0.5) is 0 Å². The summed E-state index contributed by atoms with van der Waals surface area (Å²) in [5.41, 5.74) is 1.50. The van der Waals surface area contributed by atoms with Gasteiger partial charge in [-0.05, 0) is 49.4 Å². The van der Waals surface area contributed by atoms with Gasteiger partial charge in [0, 0.05) is 12.6 Å². The molecule has 2 rings (SSSR count). The van der Waals surface area contributed by atoms with Crippen LogP contribution in [0.25, 0.3) is 0 Å². The van der Waals surface area contributed by atoms with Crippen LogP contribution in [0.1, 0.15) is 55.5 Å². The van der Waals surface area contributed by atoms with Gasteiger partial charge in [-0.25, -0.2) is 4.79 Å². The Morgan fingerprint density at radius 3 is 2.95 bits per heavy atom. The Kier molecular flexibility index (Phi) is 5.18. The van der Waals surface area contributed by atoms with Gasteiger partial charge in [0.25, 0.3) is 0 Å². The molecule has 1 aliphatic rings. The predicted molar refractivity (Wildman–Crippen MR) is 80.9 cm³/mol. The summed E-state index contributed by atoms with van der Waals surface area (Å²) in [6.45, 7) is 6.59. The number of aromatic carboxylic acids is 1. The van der Waals surface area contributed by atoms with Crippen molar-refractivity contribution in [3.8, 4) is 0 Å². The van der Waals surface area contributed by atoms with Gasteiger partial charge in [0.15, 0.2) is 0 Å². The lowest BCUT2D eigenvalue weighted by Gasteiger charge is -2.40. The van der Waals surface area contributed by atoms with Crippen molar-refractivity contribution in [2.75, 3.05) is 6.54 Å². The molecule has 0 spiro atoms. The zero-order chi connectivity index (χ0) is 14.5. The molecule has 1 heterocycles. The molecule has 2 atom stereocenters. The summed E-state index contributed by atoms with van der Waals surface area (Å²) in [5, 5.41) is 9.08. The highest BCUT2D eigenvalue weighted by molar-refractivity contribution is 5.87. The smallest absolute Gasteiger partial charge is 0.335 e. The van der Waals surface area contributed by atoms with Crippen molar-refractivity contribution in [1.29, 1.82) is 0 Å². The molecule has 2 unspecified atom stereocenters. The number of carboxylic acids is 1. The average molecular weight is 275 g/mol. The van der Waals surface area contributed by atoms with E-state index >= 15 is 0 Å². The Labute approximate surface area is 121 Å². The third-order valence-corrected chi connectivity index (χ3v) is 4.37. The fourth-order valence-corrected chi connectivity index (χ4v) is 3.33. The van der Waals surface area contributed by atoms with Crippen LogP contribution < -0.4 is 0 Å². The topological polar surface area (TPSA) is 40.5 Å². The predicted octanol–water partition coefficient (Wildman–Crippen LogP) is 3.79. The van der Waals surface area contributed by atoms with E-state index in [1.165, 1.54) is 25.7 Å². The molecular formula is C17H25NO2. The highest BCUT2D eigenvalue weighted by Gasteiger charge is 2.27. The number of hydrogen-bond acceptors (Lipinski definition) is 2. The van der Waals surface area contributed by atoms with Gasteiger partial charge in [0.1, 0.15) is 0 Å². The molecule has 0 bridgehead atoms. The van der Waals surface area contributed by atoms with Gasteiger partial charge in [0.2, 0.25) is 0 Å². The minimum Gasteiger partial charge on any atom is -0.478 e. The van der Waals surface area contributed by atoms with Gasteiger partial charge in [-0.15, -0.1) is 0 Å². The second-order valence-corrected chi connectivity index (χ2v) is 5.95. The van der Waals surface area contributed by atoms with Gasteiger partial charge in [-0.3, -0.25) is 4.90 Å². The van der Waals surface area contributed by atoms with Gasteiger partial charge in [-0.1, -0.05) is 32.4 Å². The molecule has 0 saturated carbocycles. The maximum atomic E-state index is 11.1. The molecule has 1 saturated heterocycles. The second-order valence-electron chi connectivity index (χ2n) is 5.95. The maximum Gasteiger partial charge on any atom is 0.335 e. The Hall–Kier alpha value is -1.35. The van der Waals surface area contributed by atoms with E-state index in [2.05, 4.69) is 18.7 Å². The number of carboxylic acid groups (broad SMARTS) is 1. The van der Waals surface area contributed by atoms with Gasteiger partial charge in [-0.2, -0.15) is 0 Å². The Morgan fingerprint density at radius 2 is 2.25 bits per heavy atom. The van der Waals surface area contributed by atoms with E-state index in [4.69, 9.17) is 5.11 Å². The molecule has 0 radical (unpaired) electrons. The van der Waals surface area contributed by atoms with E-state index in [0.29, 0.717) is 11.6 Å². The van der Waals surface area contributed by atoms with E-state index in [1.54, 1.807) is 6.07 Å². The van der Waals surface area contributed by atoms with E-state index in [1.807, 2.05) is 18.2 Å². The maximum absolute atomic E-state index is 11.1. The molecule has 0 aliphatic carbocycles. The molecule has 3 heteroatoms. The van der Waals surface area contributed by atoms with Gasteiger partial charge in [0.05, 0.1) is 5.56 Å². The minimum absolute atomic E-state index is 0.389. The zero-order valence-electron chi connectivity index (χ0n) is 12.5. The van der Waals surface area contributed by atoms with Gasteiger partial charge < -0.3 is 5.11 Å². The third kappa shape index (κ3) is 3.60. The Morgan fingerprint density at radius 1 is 1.45 bits per heavy atom. The zero-order valence-corrected chi connectivity index (χ0v) is 12.5. The third-order valence-electron chi connectivity index (χ3n) is 4.37. The lowest BCUT2D eigenvalue weighted by Crippen LogP contribution is -2.43. The first-order valence-electron chi connectivity index (χ1n) is 7.68. The first kappa shape index (κ1) is 15.0. The highest BCUT2D eigenvalue weighted by atomic mass is 16.4. The summed E-state index contributed by atoms with van der Waals surface area (Å²) >= 11 is 0. The molecular weight excluding hydrogens is 250 g/mol. The quantitative estimate of drug-likeness (QED) is 0.889. The molecule has 0 amide bonds. The molecule has 1 N–H and O–H groups in total. The van der Waals surface area contributed by atoms with Crippen molar-refractivity contribution in [3.63, 3.8) is 0 Å². The fourth-order valence-electron chi connectivity index (χ4n) is 3.33. The van der Waals surface area contributed by atoms with Crippen molar-refractivity contribution >= 4 is 5.97 Å². The minimum atomic E-state index is -0.844. The van der Waals surface area contributed by atoms with Crippen molar-refractivity contribution in [1.82, 2.24) is 4.90 Å². The molecule has 1 aromatic carbocycles. The summed E-state index contributed by atoms with van der Waals surface area (Å²) in [6, 6.07) is 8.00. The molecule has 0 aromatic heterocycles. The normalized spacial score (nSPS) is 23.7. The van der Waals surface area contributed by atoms with Crippen LogP contribution in [0, 0.1) is 5.92 Å². The Balaban J connectivity index is 2.10. The number of benzene rings is 1. The summed E-state index contributed by atoms with van der Waals surface area (Å²) < 4.78 is 0. The van der Waals surface area contributed by atoms with E-state index in [-0.39, 0.29) is 0 Å². The first-order valence-corrected chi connectivity index (χ1v) is 7.68. The first-order chi connectivity index (χ1) is 9.61. The Bertz CT molecular complexity index is 458. The number of carbonyl (C=O) groups is 1. The SMILES string of the molecule is CCCC1C(C)CCCN1Cc1cccc(C(=O)O)c1.